The van der Waals surface area contributed by atoms with Crippen molar-refractivity contribution in [2.75, 3.05) is 62.5 Å². The van der Waals surface area contributed by atoms with Crippen LogP contribution in [0.1, 0.15) is 12.8 Å². The first-order valence-corrected chi connectivity index (χ1v) is 12.3. The van der Waals surface area contributed by atoms with Gasteiger partial charge in [-0.25, -0.2) is 9.97 Å². The standard InChI is InChI=1S/C27H32N6O3/c1-32-13-3-4-24(32)26(34)29-20-7-5-19(6-8-20)22-11-12-28-27(31-22)30-21-9-10-23(25(18-21)35-2)33-14-16-36-17-15-33/h5-12,18,24H,3-4,13-17H2,1-2H3,(H,29,34)(H,28,30,31)/t24-/m1/s1. The van der Waals surface area contributed by atoms with Crippen LogP contribution in [-0.2, 0) is 9.53 Å². The van der Waals surface area contributed by atoms with Crippen molar-refractivity contribution in [1.29, 1.82) is 0 Å². The smallest absolute Gasteiger partial charge is 0.241 e. The third-order valence-electron chi connectivity index (χ3n) is 6.71. The first kappa shape index (κ1) is 24.0. The van der Waals surface area contributed by atoms with Crippen molar-refractivity contribution < 1.29 is 14.3 Å². The zero-order chi connectivity index (χ0) is 24.9. The van der Waals surface area contributed by atoms with Crippen LogP contribution in [0.3, 0.4) is 0 Å². The number of likely N-dealkylation sites (N-methyl/N-ethyl adjacent to an activating group) is 1. The Kier molecular flexibility index (Phi) is 7.29. The van der Waals surface area contributed by atoms with Gasteiger partial charge in [0.1, 0.15) is 5.75 Å². The van der Waals surface area contributed by atoms with E-state index in [2.05, 4.69) is 30.4 Å². The van der Waals surface area contributed by atoms with Gasteiger partial charge in [-0.2, -0.15) is 0 Å². The third-order valence-corrected chi connectivity index (χ3v) is 6.71. The normalized spacial score (nSPS) is 18.2. The number of rotatable bonds is 7. The highest BCUT2D eigenvalue weighted by atomic mass is 16.5. The van der Waals surface area contributed by atoms with Gasteiger partial charge in [-0.15, -0.1) is 0 Å². The molecular weight excluding hydrogens is 456 g/mol. The molecule has 5 rings (SSSR count). The fourth-order valence-electron chi connectivity index (χ4n) is 4.72. The number of nitrogens with one attached hydrogen (secondary N) is 2. The number of benzene rings is 2. The average molecular weight is 489 g/mol. The van der Waals surface area contributed by atoms with Gasteiger partial charge >= 0.3 is 0 Å². The van der Waals surface area contributed by atoms with E-state index in [0.717, 1.165) is 79.8 Å². The molecule has 0 unspecified atom stereocenters. The molecule has 2 aliphatic heterocycles. The molecule has 3 aromatic rings. The van der Waals surface area contributed by atoms with Crippen LogP contribution in [0.4, 0.5) is 23.0 Å². The maximum absolute atomic E-state index is 12.6. The summed E-state index contributed by atoms with van der Waals surface area (Å²) in [7, 11) is 3.67. The lowest BCUT2D eigenvalue weighted by atomic mass is 10.1. The summed E-state index contributed by atoms with van der Waals surface area (Å²) in [6, 6.07) is 15.6. The monoisotopic (exact) mass is 488 g/mol. The second-order valence-corrected chi connectivity index (χ2v) is 9.08. The molecule has 0 bridgehead atoms. The van der Waals surface area contributed by atoms with E-state index in [-0.39, 0.29) is 11.9 Å². The minimum atomic E-state index is -0.0540. The van der Waals surface area contributed by atoms with Crippen LogP contribution >= 0.6 is 0 Å². The van der Waals surface area contributed by atoms with Crippen LogP contribution in [0.2, 0.25) is 0 Å². The minimum Gasteiger partial charge on any atom is -0.495 e. The molecule has 2 aliphatic rings. The molecule has 0 saturated carbocycles. The Hall–Kier alpha value is -3.69. The fraction of sp³-hybridized carbons (Fsp3) is 0.370. The summed E-state index contributed by atoms with van der Waals surface area (Å²) in [5.74, 6) is 1.33. The highest BCUT2D eigenvalue weighted by Crippen LogP contribution is 2.32. The number of likely N-dealkylation sites (tertiary alicyclic amines) is 1. The molecule has 9 nitrogen and oxygen atoms in total. The van der Waals surface area contributed by atoms with Crippen molar-refractivity contribution in [3.63, 3.8) is 0 Å². The quantitative estimate of drug-likeness (QED) is 0.519. The second-order valence-electron chi connectivity index (χ2n) is 9.08. The van der Waals surface area contributed by atoms with Crippen molar-refractivity contribution in [3.05, 3.63) is 54.7 Å². The first-order chi connectivity index (χ1) is 17.6. The highest BCUT2D eigenvalue weighted by molar-refractivity contribution is 5.95. The van der Waals surface area contributed by atoms with Crippen molar-refractivity contribution in [2.24, 2.45) is 0 Å². The summed E-state index contributed by atoms with van der Waals surface area (Å²) in [4.78, 5) is 26.0. The molecule has 2 fully saturated rings. The number of methoxy groups -OCH3 is 1. The Morgan fingerprint density at radius 3 is 2.56 bits per heavy atom. The molecular formula is C27H32N6O3. The van der Waals surface area contributed by atoms with Gasteiger partial charge in [-0.05, 0) is 56.8 Å². The fourth-order valence-corrected chi connectivity index (χ4v) is 4.72. The summed E-state index contributed by atoms with van der Waals surface area (Å²) in [6.07, 6.45) is 3.69. The number of amides is 1. The van der Waals surface area contributed by atoms with E-state index >= 15 is 0 Å². The lowest BCUT2D eigenvalue weighted by Gasteiger charge is -2.30. The molecule has 9 heteroatoms. The van der Waals surface area contributed by atoms with Crippen LogP contribution in [0.15, 0.2) is 54.7 Å². The van der Waals surface area contributed by atoms with E-state index in [1.165, 1.54) is 0 Å². The van der Waals surface area contributed by atoms with Gasteiger partial charge in [-0.3, -0.25) is 9.69 Å². The Balaban J connectivity index is 1.26. The van der Waals surface area contributed by atoms with E-state index in [1.807, 2.05) is 55.6 Å². The van der Waals surface area contributed by atoms with Crippen LogP contribution in [-0.4, -0.2) is 73.8 Å². The topological polar surface area (TPSA) is 91.8 Å². The van der Waals surface area contributed by atoms with Gasteiger partial charge in [0, 0.05) is 42.3 Å². The number of aromatic nitrogens is 2. The number of carbonyl (C=O) groups excluding carboxylic acids is 1. The van der Waals surface area contributed by atoms with Gasteiger partial charge < -0.3 is 25.0 Å². The lowest BCUT2D eigenvalue weighted by molar-refractivity contribution is -0.119. The zero-order valence-electron chi connectivity index (χ0n) is 20.7. The summed E-state index contributed by atoms with van der Waals surface area (Å²) in [6.45, 7) is 4.08. The van der Waals surface area contributed by atoms with Gasteiger partial charge in [0.05, 0.1) is 37.7 Å². The second kappa shape index (κ2) is 10.9. The van der Waals surface area contributed by atoms with Crippen molar-refractivity contribution >= 4 is 28.9 Å². The number of ether oxygens (including phenoxy) is 2. The number of hydrogen-bond donors (Lipinski definition) is 2. The SMILES string of the molecule is COc1cc(Nc2nccc(-c3ccc(NC(=O)[C@H]4CCCN4C)cc3)n2)ccc1N1CCOCC1. The van der Waals surface area contributed by atoms with Crippen molar-refractivity contribution in [1.82, 2.24) is 14.9 Å². The summed E-state index contributed by atoms with van der Waals surface area (Å²) < 4.78 is 11.1. The van der Waals surface area contributed by atoms with E-state index in [9.17, 15) is 4.79 Å². The van der Waals surface area contributed by atoms with Crippen LogP contribution in [0.25, 0.3) is 11.3 Å². The van der Waals surface area contributed by atoms with E-state index < -0.39 is 0 Å². The molecule has 2 N–H and O–H groups in total. The molecule has 188 valence electrons. The maximum Gasteiger partial charge on any atom is 0.241 e. The summed E-state index contributed by atoms with van der Waals surface area (Å²) >= 11 is 0. The number of anilines is 4. The van der Waals surface area contributed by atoms with Gasteiger partial charge in [0.2, 0.25) is 11.9 Å². The zero-order valence-corrected chi connectivity index (χ0v) is 20.7. The largest absolute Gasteiger partial charge is 0.495 e. The number of carbonyl (C=O) groups is 1. The molecule has 0 radical (unpaired) electrons. The molecule has 0 aliphatic carbocycles. The molecule has 2 saturated heterocycles. The Morgan fingerprint density at radius 2 is 1.83 bits per heavy atom. The predicted molar refractivity (Wildman–Crippen MR) is 141 cm³/mol. The number of nitrogens with zero attached hydrogens (tertiary/aromatic N) is 4. The van der Waals surface area contributed by atoms with E-state index in [1.54, 1.807) is 13.3 Å². The summed E-state index contributed by atoms with van der Waals surface area (Å²) in [5, 5.41) is 6.31. The van der Waals surface area contributed by atoms with Crippen LogP contribution in [0, 0.1) is 0 Å². The Morgan fingerprint density at radius 1 is 1.06 bits per heavy atom. The van der Waals surface area contributed by atoms with E-state index in [0.29, 0.717) is 5.95 Å². The molecule has 1 amide bonds. The van der Waals surface area contributed by atoms with Gasteiger partial charge in [0.25, 0.3) is 0 Å². The predicted octanol–water partition coefficient (Wildman–Crippen LogP) is 3.77. The number of morpholine rings is 1. The van der Waals surface area contributed by atoms with E-state index in [4.69, 9.17) is 9.47 Å². The van der Waals surface area contributed by atoms with Crippen LogP contribution in [0.5, 0.6) is 5.75 Å². The molecule has 0 spiro atoms. The Bertz CT molecular complexity index is 1200. The minimum absolute atomic E-state index is 0.0475. The highest BCUT2D eigenvalue weighted by Gasteiger charge is 2.27. The van der Waals surface area contributed by atoms with Gasteiger partial charge in [0.15, 0.2) is 0 Å². The molecule has 1 aromatic heterocycles. The molecule has 3 heterocycles. The first-order valence-electron chi connectivity index (χ1n) is 12.3. The molecule has 36 heavy (non-hydrogen) atoms. The maximum atomic E-state index is 12.6. The summed E-state index contributed by atoms with van der Waals surface area (Å²) in [5.41, 5.74) is 4.40. The Labute approximate surface area is 211 Å². The number of hydrogen-bond acceptors (Lipinski definition) is 8. The average Bonchev–Trinajstić information content (AvgIpc) is 3.35. The third kappa shape index (κ3) is 5.42. The van der Waals surface area contributed by atoms with Crippen molar-refractivity contribution in [3.8, 4) is 17.0 Å². The van der Waals surface area contributed by atoms with Gasteiger partial charge in [-0.1, -0.05) is 12.1 Å². The molecule has 1 atom stereocenters. The molecule has 2 aromatic carbocycles. The lowest BCUT2D eigenvalue weighted by Crippen LogP contribution is -2.37. The van der Waals surface area contributed by atoms with Crippen molar-refractivity contribution in [2.45, 2.75) is 18.9 Å². The van der Waals surface area contributed by atoms with Crippen LogP contribution < -0.4 is 20.3 Å².